The molecule has 0 bridgehead atoms. The Morgan fingerprint density at radius 2 is 2.10 bits per heavy atom. The van der Waals surface area contributed by atoms with Crippen molar-refractivity contribution >= 4 is 11.9 Å². The van der Waals surface area contributed by atoms with Crippen molar-refractivity contribution in [3.05, 3.63) is 68.6 Å². The Balaban J connectivity index is 1.90. The van der Waals surface area contributed by atoms with E-state index in [1.54, 1.807) is 30.3 Å². The first-order valence-electron chi connectivity index (χ1n) is 8.92. The van der Waals surface area contributed by atoms with Crippen molar-refractivity contribution in [3.63, 3.8) is 0 Å². The molecule has 0 aliphatic rings. The predicted molar refractivity (Wildman–Crippen MR) is 107 cm³/mol. The first-order chi connectivity index (χ1) is 14.0. The summed E-state index contributed by atoms with van der Waals surface area (Å²) in [6.45, 7) is 0.406. The fourth-order valence-electron chi connectivity index (χ4n) is 2.76. The minimum absolute atomic E-state index is 0.118. The number of aliphatic imine (C=N–C) groups is 1. The molecular formula is C20H21N3O6. The van der Waals surface area contributed by atoms with E-state index in [9.17, 15) is 14.7 Å². The number of aliphatic hydroxyl groups excluding tert-OH is 1. The third kappa shape index (κ3) is 4.71. The number of ether oxygens (including phenoxy) is 1. The molecule has 9 nitrogen and oxygen atoms in total. The number of rotatable bonds is 8. The summed E-state index contributed by atoms with van der Waals surface area (Å²) in [4.78, 5) is 30.5. The van der Waals surface area contributed by atoms with Gasteiger partial charge in [-0.25, -0.2) is 4.79 Å². The molecule has 0 spiro atoms. The van der Waals surface area contributed by atoms with Crippen LogP contribution in [0.5, 0.6) is 5.88 Å². The van der Waals surface area contributed by atoms with Crippen LogP contribution in [-0.2, 0) is 17.9 Å². The topological polar surface area (TPSA) is 130 Å². The van der Waals surface area contributed by atoms with Gasteiger partial charge in [-0.3, -0.25) is 19.3 Å². The molecular weight excluding hydrogens is 378 g/mol. The van der Waals surface area contributed by atoms with E-state index in [0.717, 1.165) is 10.1 Å². The maximum atomic E-state index is 12.1. The van der Waals surface area contributed by atoms with Crippen LogP contribution < -0.4 is 11.2 Å². The van der Waals surface area contributed by atoms with Gasteiger partial charge < -0.3 is 19.4 Å². The molecule has 29 heavy (non-hydrogen) atoms. The van der Waals surface area contributed by atoms with E-state index in [1.165, 1.54) is 13.3 Å². The second-order valence-corrected chi connectivity index (χ2v) is 6.23. The second-order valence-electron chi connectivity index (χ2n) is 6.23. The van der Waals surface area contributed by atoms with E-state index < -0.39 is 17.1 Å². The molecule has 2 aromatic heterocycles. The van der Waals surface area contributed by atoms with Crippen LogP contribution in [0.1, 0.15) is 17.7 Å². The summed E-state index contributed by atoms with van der Waals surface area (Å²) in [6, 6.07) is 10.4. The number of furan rings is 1. The predicted octanol–water partition coefficient (Wildman–Crippen LogP) is 1.78. The van der Waals surface area contributed by atoms with Gasteiger partial charge in [0.2, 0.25) is 5.88 Å². The van der Waals surface area contributed by atoms with Crippen LogP contribution in [0, 0.1) is 0 Å². The van der Waals surface area contributed by atoms with E-state index in [0.29, 0.717) is 30.2 Å². The summed E-state index contributed by atoms with van der Waals surface area (Å²) in [6.07, 6.45) is 1.70. The van der Waals surface area contributed by atoms with Crippen LogP contribution >= 0.6 is 0 Å². The SMILES string of the molecule is COCCCn1c(O)c(C=Nc2cccc(-c3ccc(CO)o3)c2)c(=O)[nH]c1=O. The maximum absolute atomic E-state index is 12.1. The second kappa shape index (κ2) is 9.18. The van der Waals surface area contributed by atoms with Crippen LogP contribution in [0.15, 0.2) is 55.4 Å². The van der Waals surface area contributed by atoms with Gasteiger partial charge >= 0.3 is 5.69 Å². The Labute approximate surface area is 165 Å². The lowest BCUT2D eigenvalue weighted by molar-refractivity contribution is 0.188. The summed E-state index contributed by atoms with van der Waals surface area (Å²) in [5.74, 6) is 0.563. The Hall–Kier alpha value is -3.43. The molecule has 9 heteroatoms. The number of benzene rings is 1. The number of aromatic hydroxyl groups is 1. The van der Waals surface area contributed by atoms with E-state index in [1.807, 2.05) is 6.07 Å². The van der Waals surface area contributed by atoms with Crippen molar-refractivity contribution in [3.8, 4) is 17.2 Å². The third-order valence-corrected chi connectivity index (χ3v) is 4.23. The molecule has 0 radical (unpaired) electrons. The van der Waals surface area contributed by atoms with Gasteiger partial charge in [-0.2, -0.15) is 0 Å². The van der Waals surface area contributed by atoms with Crippen molar-refractivity contribution in [2.45, 2.75) is 19.6 Å². The molecule has 0 saturated heterocycles. The Morgan fingerprint density at radius 3 is 2.83 bits per heavy atom. The van der Waals surface area contributed by atoms with Crippen molar-refractivity contribution in [1.29, 1.82) is 0 Å². The fraction of sp³-hybridized carbons (Fsp3) is 0.250. The van der Waals surface area contributed by atoms with Crippen molar-refractivity contribution in [1.82, 2.24) is 9.55 Å². The van der Waals surface area contributed by atoms with E-state index >= 15 is 0 Å². The number of hydrogen-bond donors (Lipinski definition) is 3. The van der Waals surface area contributed by atoms with Crippen LogP contribution in [-0.4, -0.2) is 39.7 Å². The average molecular weight is 399 g/mol. The zero-order valence-electron chi connectivity index (χ0n) is 15.8. The number of hydrogen-bond acceptors (Lipinski definition) is 7. The fourth-order valence-corrected chi connectivity index (χ4v) is 2.76. The molecule has 0 fully saturated rings. The van der Waals surface area contributed by atoms with Gasteiger partial charge in [0.1, 0.15) is 23.7 Å². The molecule has 0 aliphatic heterocycles. The molecule has 2 heterocycles. The zero-order valence-corrected chi connectivity index (χ0v) is 15.8. The van der Waals surface area contributed by atoms with Gasteiger partial charge in [-0.05, 0) is 30.7 Å². The van der Waals surface area contributed by atoms with Gasteiger partial charge in [0.15, 0.2) is 0 Å². The number of nitrogens with zero attached hydrogens (tertiary/aromatic N) is 2. The van der Waals surface area contributed by atoms with Crippen molar-refractivity contribution in [2.24, 2.45) is 4.99 Å². The number of H-pyrrole nitrogens is 1. The lowest BCUT2D eigenvalue weighted by Gasteiger charge is -2.09. The number of aliphatic hydroxyl groups is 1. The lowest BCUT2D eigenvalue weighted by Crippen LogP contribution is -2.32. The summed E-state index contributed by atoms with van der Waals surface area (Å²) >= 11 is 0. The molecule has 152 valence electrons. The highest BCUT2D eigenvalue weighted by atomic mass is 16.5. The van der Waals surface area contributed by atoms with Crippen molar-refractivity contribution in [2.75, 3.05) is 13.7 Å². The lowest BCUT2D eigenvalue weighted by atomic mass is 10.1. The highest BCUT2D eigenvalue weighted by Crippen LogP contribution is 2.26. The molecule has 0 amide bonds. The van der Waals surface area contributed by atoms with Crippen LogP contribution in [0.3, 0.4) is 0 Å². The first kappa shape index (κ1) is 20.3. The molecule has 3 aromatic rings. The smallest absolute Gasteiger partial charge is 0.331 e. The molecule has 0 unspecified atom stereocenters. The highest BCUT2D eigenvalue weighted by Gasteiger charge is 2.12. The molecule has 1 aromatic carbocycles. The Kier molecular flexibility index (Phi) is 6.43. The van der Waals surface area contributed by atoms with Crippen molar-refractivity contribution < 1.29 is 19.4 Å². The van der Waals surface area contributed by atoms with Gasteiger partial charge in [-0.1, -0.05) is 12.1 Å². The van der Waals surface area contributed by atoms with Crippen LogP contribution in [0.4, 0.5) is 5.69 Å². The normalized spacial score (nSPS) is 11.4. The number of aromatic amines is 1. The van der Waals surface area contributed by atoms with E-state index in [2.05, 4.69) is 9.98 Å². The van der Waals surface area contributed by atoms with Crippen LogP contribution in [0.25, 0.3) is 11.3 Å². The quantitative estimate of drug-likeness (QED) is 0.391. The standard InChI is InChI=1S/C20H21N3O6/c1-28-9-3-8-23-19(26)16(18(25)22-20(23)27)11-21-14-5-2-4-13(10-14)17-7-6-15(12-24)29-17/h2,4-7,10-11,24,26H,3,8-9,12H2,1H3,(H,22,25,27). The maximum Gasteiger partial charge on any atom is 0.331 e. The first-order valence-corrected chi connectivity index (χ1v) is 8.92. The van der Waals surface area contributed by atoms with Gasteiger partial charge in [0, 0.05) is 32.0 Å². The molecule has 3 rings (SSSR count). The van der Waals surface area contributed by atoms with E-state index in [-0.39, 0.29) is 18.7 Å². The van der Waals surface area contributed by atoms with Gasteiger partial charge in [-0.15, -0.1) is 0 Å². The number of nitrogens with one attached hydrogen (secondary N) is 1. The Bertz CT molecular complexity index is 1130. The Morgan fingerprint density at radius 1 is 1.28 bits per heavy atom. The summed E-state index contributed by atoms with van der Waals surface area (Å²) in [5, 5.41) is 19.5. The minimum Gasteiger partial charge on any atom is -0.494 e. The third-order valence-electron chi connectivity index (χ3n) is 4.23. The largest absolute Gasteiger partial charge is 0.494 e. The average Bonchev–Trinajstić information content (AvgIpc) is 3.20. The van der Waals surface area contributed by atoms with Crippen LogP contribution in [0.2, 0.25) is 0 Å². The van der Waals surface area contributed by atoms with Gasteiger partial charge in [0.05, 0.1) is 5.69 Å². The van der Waals surface area contributed by atoms with Gasteiger partial charge in [0.25, 0.3) is 5.56 Å². The van der Waals surface area contributed by atoms with E-state index in [4.69, 9.17) is 14.3 Å². The molecule has 0 saturated carbocycles. The monoisotopic (exact) mass is 399 g/mol. The minimum atomic E-state index is -0.728. The summed E-state index contributed by atoms with van der Waals surface area (Å²) in [5.41, 5.74) is -0.287. The highest BCUT2D eigenvalue weighted by molar-refractivity contribution is 5.84. The molecule has 0 atom stereocenters. The number of methoxy groups -OCH3 is 1. The summed E-state index contributed by atoms with van der Waals surface area (Å²) < 4.78 is 11.5. The molecule has 3 N–H and O–H groups in total. The zero-order chi connectivity index (χ0) is 20.8. The summed E-state index contributed by atoms with van der Waals surface area (Å²) in [7, 11) is 1.54. The number of aromatic nitrogens is 2. The molecule has 0 aliphatic carbocycles.